The van der Waals surface area contributed by atoms with E-state index < -0.39 is 29.9 Å². The van der Waals surface area contributed by atoms with Crippen LogP contribution < -0.4 is 21.3 Å². The fourth-order valence-corrected chi connectivity index (χ4v) is 3.11. The van der Waals surface area contributed by atoms with E-state index in [1.54, 1.807) is 0 Å². The number of hydrogen-bond donors (Lipinski definition) is 5. The maximum atomic E-state index is 12.5. The number of carboxylic acids is 1. The first kappa shape index (κ1) is 23.9. The van der Waals surface area contributed by atoms with Gasteiger partial charge in [-0.3, -0.25) is 14.4 Å². The Labute approximate surface area is 166 Å². The lowest BCUT2D eigenvalue weighted by molar-refractivity contribution is -0.142. The lowest BCUT2D eigenvalue weighted by atomic mass is 10.0. The van der Waals surface area contributed by atoms with Gasteiger partial charge in [-0.25, -0.2) is 4.79 Å². The van der Waals surface area contributed by atoms with Crippen molar-refractivity contribution in [3.63, 3.8) is 0 Å². The predicted octanol–water partition coefficient (Wildman–Crippen LogP) is 0.00100. The molecule has 0 saturated carbocycles. The molecule has 0 aromatic carbocycles. The topological polar surface area (TPSA) is 137 Å². The first-order valence-corrected chi connectivity index (χ1v) is 9.93. The summed E-state index contributed by atoms with van der Waals surface area (Å²) in [5, 5.41) is 20.0. The average Bonchev–Trinajstić information content (AvgIpc) is 3.12. The third kappa shape index (κ3) is 8.69. The van der Waals surface area contributed by atoms with Crippen molar-refractivity contribution in [1.82, 2.24) is 21.3 Å². The minimum absolute atomic E-state index is 0.103. The highest BCUT2D eigenvalue weighted by Gasteiger charge is 2.28. The van der Waals surface area contributed by atoms with Crippen LogP contribution in [0.5, 0.6) is 0 Å². The van der Waals surface area contributed by atoms with Crippen LogP contribution in [0.4, 0.5) is 0 Å². The van der Waals surface area contributed by atoms with Crippen LogP contribution in [0.15, 0.2) is 0 Å². The molecule has 3 amide bonds. The fraction of sp³-hybridized carbons (Fsp3) is 0.789. The van der Waals surface area contributed by atoms with E-state index >= 15 is 0 Å². The van der Waals surface area contributed by atoms with E-state index in [2.05, 4.69) is 21.3 Å². The number of carbonyl (C=O) groups is 4. The van der Waals surface area contributed by atoms with Crippen molar-refractivity contribution in [2.24, 2.45) is 11.8 Å². The van der Waals surface area contributed by atoms with Crippen LogP contribution >= 0.6 is 0 Å². The Hall–Kier alpha value is -2.16. The monoisotopic (exact) mass is 398 g/mol. The highest BCUT2D eigenvalue weighted by Crippen LogP contribution is 2.09. The molecule has 1 fully saturated rings. The quantitative estimate of drug-likeness (QED) is 0.332. The number of amides is 3. The summed E-state index contributed by atoms with van der Waals surface area (Å²) in [6.07, 6.45) is 2.39. The van der Waals surface area contributed by atoms with E-state index in [4.69, 9.17) is 0 Å². The minimum Gasteiger partial charge on any atom is -0.480 e. The Morgan fingerprint density at radius 2 is 1.61 bits per heavy atom. The summed E-state index contributed by atoms with van der Waals surface area (Å²) in [6.45, 7) is 8.05. The van der Waals surface area contributed by atoms with Gasteiger partial charge in [-0.05, 0) is 44.1 Å². The summed E-state index contributed by atoms with van der Waals surface area (Å²) in [6, 6.07) is -2.03. The van der Waals surface area contributed by atoms with Crippen molar-refractivity contribution in [3.8, 4) is 0 Å². The molecule has 1 aliphatic rings. The molecule has 0 spiro atoms. The van der Waals surface area contributed by atoms with E-state index in [1.165, 1.54) is 0 Å². The molecule has 0 unspecified atom stereocenters. The summed E-state index contributed by atoms with van der Waals surface area (Å²) in [7, 11) is 0. The van der Waals surface area contributed by atoms with Crippen molar-refractivity contribution in [2.45, 2.75) is 71.5 Å². The average molecular weight is 399 g/mol. The second-order valence-electron chi connectivity index (χ2n) is 8.15. The number of nitrogens with one attached hydrogen (secondary N) is 4. The third-order valence-electron chi connectivity index (χ3n) is 4.48. The zero-order chi connectivity index (χ0) is 21.3. The van der Waals surface area contributed by atoms with E-state index in [-0.39, 0.29) is 30.3 Å². The van der Waals surface area contributed by atoms with Gasteiger partial charge in [0.15, 0.2) is 0 Å². The smallest absolute Gasteiger partial charge is 0.326 e. The number of aliphatic carboxylic acids is 1. The Bertz CT molecular complexity index is 559. The normalized spacial score (nSPS) is 18.6. The van der Waals surface area contributed by atoms with Crippen LogP contribution in [0.1, 0.15) is 53.4 Å². The summed E-state index contributed by atoms with van der Waals surface area (Å²) < 4.78 is 0. The SMILES string of the molecule is CC(C)C[C@H](NC(=O)CNC(=O)[C@H](CC(C)C)NC(=O)[C@@H]1CCCN1)C(=O)O. The highest BCUT2D eigenvalue weighted by atomic mass is 16.4. The number of carbonyl (C=O) groups excluding carboxylic acids is 3. The van der Waals surface area contributed by atoms with E-state index in [0.29, 0.717) is 12.8 Å². The van der Waals surface area contributed by atoms with Gasteiger partial charge in [-0.1, -0.05) is 27.7 Å². The number of carboxylic acid groups (broad SMARTS) is 1. The lowest BCUT2D eigenvalue weighted by Crippen LogP contribution is -2.53. The van der Waals surface area contributed by atoms with E-state index in [9.17, 15) is 24.3 Å². The molecule has 0 aromatic rings. The van der Waals surface area contributed by atoms with Crippen molar-refractivity contribution in [1.29, 1.82) is 0 Å². The summed E-state index contributed by atoms with van der Waals surface area (Å²) in [5.74, 6) is -2.08. The maximum absolute atomic E-state index is 12.5. The van der Waals surface area contributed by atoms with Crippen molar-refractivity contribution >= 4 is 23.7 Å². The van der Waals surface area contributed by atoms with E-state index in [0.717, 1.165) is 19.4 Å². The molecule has 3 atom stereocenters. The molecular formula is C19H34N4O5. The third-order valence-corrected chi connectivity index (χ3v) is 4.48. The Morgan fingerprint density at radius 3 is 2.11 bits per heavy atom. The van der Waals surface area contributed by atoms with E-state index in [1.807, 2.05) is 27.7 Å². The van der Waals surface area contributed by atoms with Crippen LogP contribution in [-0.4, -0.2) is 60.0 Å². The largest absolute Gasteiger partial charge is 0.480 e. The van der Waals surface area contributed by atoms with Gasteiger partial charge in [0.05, 0.1) is 12.6 Å². The van der Waals surface area contributed by atoms with Gasteiger partial charge in [0.2, 0.25) is 17.7 Å². The predicted molar refractivity (Wildman–Crippen MR) is 104 cm³/mol. The number of hydrogen-bond acceptors (Lipinski definition) is 5. The second kappa shape index (κ2) is 11.6. The molecular weight excluding hydrogens is 364 g/mol. The molecule has 0 aromatic heterocycles. The van der Waals surface area contributed by atoms with Crippen molar-refractivity contribution in [3.05, 3.63) is 0 Å². The molecule has 1 rings (SSSR count). The number of rotatable bonds is 11. The molecule has 28 heavy (non-hydrogen) atoms. The van der Waals surface area contributed by atoms with Crippen LogP contribution in [0, 0.1) is 11.8 Å². The molecule has 0 radical (unpaired) electrons. The van der Waals surface area contributed by atoms with Crippen molar-refractivity contribution < 1.29 is 24.3 Å². The van der Waals surface area contributed by atoms with Crippen LogP contribution in [0.2, 0.25) is 0 Å². The van der Waals surface area contributed by atoms with Gasteiger partial charge < -0.3 is 26.4 Å². The minimum atomic E-state index is -1.11. The summed E-state index contributed by atoms with van der Waals surface area (Å²) in [5.41, 5.74) is 0. The van der Waals surface area contributed by atoms with Gasteiger partial charge in [0.1, 0.15) is 12.1 Å². The second-order valence-corrected chi connectivity index (χ2v) is 8.15. The van der Waals surface area contributed by atoms with Crippen LogP contribution in [0.25, 0.3) is 0 Å². The molecule has 9 heteroatoms. The molecule has 1 heterocycles. The molecule has 0 aliphatic carbocycles. The van der Waals surface area contributed by atoms with Crippen LogP contribution in [0.3, 0.4) is 0 Å². The zero-order valence-electron chi connectivity index (χ0n) is 17.2. The highest BCUT2D eigenvalue weighted by molar-refractivity contribution is 5.92. The first-order valence-electron chi connectivity index (χ1n) is 9.93. The molecule has 160 valence electrons. The van der Waals surface area contributed by atoms with Gasteiger partial charge in [0.25, 0.3) is 0 Å². The Kier molecular flexibility index (Phi) is 9.92. The van der Waals surface area contributed by atoms with Gasteiger partial charge in [0, 0.05) is 0 Å². The van der Waals surface area contributed by atoms with Gasteiger partial charge >= 0.3 is 5.97 Å². The molecule has 5 N–H and O–H groups in total. The lowest BCUT2D eigenvalue weighted by Gasteiger charge is -2.22. The van der Waals surface area contributed by atoms with Gasteiger partial charge in [-0.2, -0.15) is 0 Å². The Morgan fingerprint density at radius 1 is 1.00 bits per heavy atom. The fourth-order valence-electron chi connectivity index (χ4n) is 3.11. The standard InChI is InChI=1S/C19H34N4O5/c1-11(2)8-14(23-18(26)13-6-5-7-20-13)17(25)21-10-16(24)22-15(19(27)28)9-12(3)4/h11-15,20H,5-10H2,1-4H3,(H,21,25)(H,22,24)(H,23,26)(H,27,28)/t13-,14-,15-/m0/s1. The molecule has 0 bridgehead atoms. The Balaban J connectivity index is 2.57. The molecule has 9 nitrogen and oxygen atoms in total. The van der Waals surface area contributed by atoms with Crippen molar-refractivity contribution in [2.75, 3.05) is 13.1 Å². The van der Waals surface area contributed by atoms with Gasteiger partial charge in [-0.15, -0.1) is 0 Å². The molecule has 1 aliphatic heterocycles. The zero-order valence-corrected chi connectivity index (χ0v) is 17.2. The summed E-state index contributed by atoms with van der Waals surface area (Å²) in [4.78, 5) is 48.1. The first-order chi connectivity index (χ1) is 13.1. The van der Waals surface area contributed by atoms with Crippen LogP contribution in [-0.2, 0) is 19.2 Å². The summed E-state index contributed by atoms with van der Waals surface area (Å²) >= 11 is 0. The maximum Gasteiger partial charge on any atom is 0.326 e. The molecule has 1 saturated heterocycles.